The van der Waals surface area contributed by atoms with Crippen LogP contribution < -0.4 is 4.57 Å². The second kappa shape index (κ2) is 6.46. The molecule has 1 heterocycles. The summed E-state index contributed by atoms with van der Waals surface area (Å²) in [5, 5.41) is 0. The number of benzene rings is 1. The highest BCUT2D eigenvalue weighted by Crippen LogP contribution is 2.04. The first-order valence-electron chi connectivity index (χ1n) is 6.91. The minimum absolute atomic E-state index is 0.124. The van der Waals surface area contributed by atoms with Crippen molar-refractivity contribution < 1.29 is 13.8 Å². The molecule has 0 amide bonds. The van der Waals surface area contributed by atoms with Gasteiger partial charge in [-0.25, -0.2) is 13.5 Å². The van der Waals surface area contributed by atoms with E-state index in [-0.39, 0.29) is 11.6 Å². The maximum atomic E-state index is 12.8. The fourth-order valence-electron chi connectivity index (χ4n) is 2.26. The second-order valence-corrected chi connectivity index (χ2v) is 5.01. The lowest BCUT2D eigenvalue weighted by Crippen LogP contribution is -2.40. The van der Waals surface area contributed by atoms with E-state index in [0.29, 0.717) is 13.0 Å². The molecule has 0 spiro atoms. The summed E-state index contributed by atoms with van der Waals surface area (Å²) in [6.07, 6.45) is 5.35. The molecule has 0 bridgehead atoms. The molecule has 0 aliphatic rings. The molecule has 1 aromatic heterocycles. The molecule has 106 valence electrons. The van der Waals surface area contributed by atoms with E-state index in [2.05, 4.69) is 11.5 Å². The maximum Gasteiger partial charge on any atom is 0.253 e. The highest BCUT2D eigenvalue weighted by molar-refractivity contribution is 5.79. The van der Waals surface area contributed by atoms with Gasteiger partial charge in [0.05, 0.1) is 6.54 Å². The summed E-state index contributed by atoms with van der Waals surface area (Å²) in [6.45, 7) is 5.47. The number of aromatic nitrogens is 2. The molecule has 4 heteroatoms. The average Bonchev–Trinajstić information content (AvgIpc) is 2.75. The van der Waals surface area contributed by atoms with E-state index in [4.69, 9.17) is 0 Å². The number of halogens is 1. The number of Topliss-reactive ketones (excluding diaryl/α,β-unsaturated/α-hetero) is 1. The van der Waals surface area contributed by atoms with Gasteiger partial charge in [0, 0.05) is 13.3 Å². The number of carbonyl (C=O) groups excluding carboxylic acids is 1. The predicted molar refractivity (Wildman–Crippen MR) is 74.8 cm³/mol. The quantitative estimate of drug-likeness (QED) is 0.744. The van der Waals surface area contributed by atoms with Gasteiger partial charge in [0.15, 0.2) is 5.78 Å². The molecular weight excluding hydrogens is 255 g/mol. The lowest BCUT2D eigenvalue weighted by atomic mass is 10.1. The summed E-state index contributed by atoms with van der Waals surface area (Å²) in [5.41, 5.74) is 0.850. The molecule has 0 saturated heterocycles. The van der Waals surface area contributed by atoms with Crippen molar-refractivity contribution in [3.05, 3.63) is 53.9 Å². The summed E-state index contributed by atoms with van der Waals surface area (Å²) in [4.78, 5) is 12.1. The largest absolute Gasteiger partial charge is 0.295 e. The van der Waals surface area contributed by atoms with Gasteiger partial charge in [0.25, 0.3) is 5.82 Å². The van der Waals surface area contributed by atoms with E-state index >= 15 is 0 Å². The van der Waals surface area contributed by atoms with Crippen molar-refractivity contribution in [2.75, 3.05) is 0 Å². The Morgan fingerprint density at radius 1 is 1.30 bits per heavy atom. The first-order valence-corrected chi connectivity index (χ1v) is 6.91. The summed E-state index contributed by atoms with van der Waals surface area (Å²) < 4.78 is 16.9. The Morgan fingerprint density at radius 3 is 2.65 bits per heavy atom. The number of rotatable bonds is 6. The summed E-state index contributed by atoms with van der Waals surface area (Å²) in [6, 6.07) is 6.09. The monoisotopic (exact) mass is 275 g/mol. The molecular formula is C16H20FN2O+. The van der Waals surface area contributed by atoms with Crippen molar-refractivity contribution in [2.45, 2.75) is 39.8 Å². The van der Waals surface area contributed by atoms with Crippen LogP contribution in [-0.4, -0.2) is 10.4 Å². The van der Waals surface area contributed by atoms with Crippen molar-refractivity contribution in [1.29, 1.82) is 0 Å². The van der Waals surface area contributed by atoms with E-state index in [1.165, 1.54) is 12.1 Å². The van der Waals surface area contributed by atoms with Crippen LogP contribution in [0.15, 0.2) is 36.7 Å². The molecule has 2 rings (SSSR count). The van der Waals surface area contributed by atoms with Crippen LogP contribution >= 0.6 is 0 Å². The van der Waals surface area contributed by atoms with Gasteiger partial charge >= 0.3 is 0 Å². The number of hydrogen-bond donors (Lipinski definition) is 0. The Bertz CT molecular complexity index is 587. The highest BCUT2D eigenvalue weighted by Gasteiger charge is 2.15. The Hall–Kier alpha value is -1.97. The molecule has 2 aromatic rings. The van der Waals surface area contributed by atoms with Crippen molar-refractivity contribution in [1.82, 2.24) is 4.57 Å². The Balaban J connectivity index is 1.99. The standard InChI is InChI=1S/C16H20FN2O/c1-3-8-18-9-10-19(13(18)2)12-16(20)11-14-4-6-15(17)7-5-14/h4-7,9-10H,3,8,11-12H2,1-2H3/q+1. The maximum absolute atomic E-state index is 12.8. The third-order valence-electron chi connectivity index (χ3n) is 3.38. The number of carbonyl (C=O) groups is 1. The number of nitrogens with zero attached hydrogens (tertiary/aromatic N) is 2. The van der Waals surface area contributed by atoms with Crippen molar-refractivity contribution in [2.24, 2.45) is 0 Å². The van der Waals surface area contributed by atoms with Crippen LogP contribution in [0.1, 0.15) is 24.7 Å². The van der Waals surface area contributed by atoms with E-state index in [0.717, 1.165) is 24.4 Å². The number of hydrogen-bond acceptors (Lipinski definition) is 1. The molecule has 0 aliphatic heterocycles. The molecule has 0 radical (unpaired) electrons. The topological polar surface area (TPSA) is 25.9 Å². The van der Waals surface area contributed by atoms with E-state index in [1.807, 2.05) is 23.9 Å². The van der Waals surface area contributed by atoms with Crippen LogP contribution in [0.3, 0.4) is 0 Å². The van der Waals surface area contributed by atoms with Crippen molar-refractivity contribution in [3.8, 4) is 0 Å². The van der Waals surface area contributed by atoms with Gasteiger partial charge < -0.3 is 0 Å². The Morgan fingerprint density at radius 2 is 2.00 bits per heavy atom. The zero-order valence-corrected chi connectivity index (χ0v) is 12.0. The third-order valence-corrected chi connectivity index (χ3v) is 3.38. The molecule has 0 atom stereocenters. The second-order valence-electron chi connectivity index (χ2n) is 5.01. The Kier molecular flexibility index (Phi) is 4.66. The zero-order valence-electron chi connectivity index (χ0n) is 12.0. The van der Waals surface area contributed by atoms with E-state index in [9.17, 15) is 9.18 Å². The molecule has 0 saturated carbocycles. The van der Waals surface area contributed by atoms with E-state index in [1.54, 1.807) is 12.1 Å². The van der Waals surface area contributed by atoms with Crippen LogP contribution in [0.5, 0.6) is 0 Å². The first kappa shape index (κ1) is 14.4. The van der Waals surface area contributed by atoms with E-state index < -0.39 is 0 Å². The van der Waals surface area contributed by atoms with Gasteiger partial charge in [-0.3, -0.25) is 4.79 Å². The predicted octanol–water partition coefficient (Wildman–Crippen LogP) is 2.44. The molecule has 3 nitrogen and oxygen atoms in total. The van der Waals surface area contributed by atoms with Gasteiger partial charge in [-0.05, 0) is 24.1 Å². The van der Waals surface area contributed by atoms with Crippen LogP contribution in [0.4, 0.5) is 4.39 Å². The fraction of sp³-hybridized carbons (Fsp3) is 0.375. The summed E-state index contributed by atoms with van der Waals surface area (Å²) in [5.74, 6) is 0.932. The van der Waals surface area contributed by atoms with Crippen LogP contribution in [0.2, 0.25) is 0 Å². The molecule has 20 heavy (non-hydrogen) atoms. The zero-order chi connectivity index (χ0) is 14.5. The van der Waals surface area contributed by atoms with Gasteiger partial charge in [0.2, 0.25) is 0 Å². The van der Waals surface area contributed by atoms with Crippen LogP contribution in [0, 0.1) is 12.7 Å². The number of ketones is 1. The lowest BCUT2D eigenvalue weighted by Gasteiger charge is -2.01. The third kappa shape index (κ3) is 3.53. The van der Waals surface area contributed by atoms with Gasteiger partial charge in [-0.1, -0.05) is 19.1 Å². The highest BCUT2D eigenvalue weighted by atomic mass is 19.1. The van der Waals surface area contributed by atoms with Crippen LogP contribution in [0.25, 0.3) is 0 Å². The van der Waals surface area contributed by atoms with Gasteiger partial charge in [0.1, 0.15) is 24.8 Å². The van der Waals surface area contributed by atoms with Crippen molar-refractivity contribution >= 4 is 5.78 Å². The molecule has 1 aromatic carbocycles. The molecule has 0 N–H and O–H groups in total. The molecule has 0 fully saturated rings. The number of imidazole rings is 1. The smallest absolute Gasteiger partial charge is 0.253 e. The normalized spacial score (nSPS) is 10.8. The first-order chi connectivity index (χ1) is 9.60. The van der Waals surface area contributed by atoms with Gasteiger partial charge in [-0.2, -0.15) is 0 Å². The molecule has 0 aliphatic carbocycles. The Labute approximate surface area is 118 Å². The van der Waals surface area contributed by atoms with Crippen LogP contribution in [-0.2, 0) is 24.3 Å². The minimum Gasteiger partial charge on any atom is -0.295 e. The SMILES string of the molecule is CCCn1cc[n+](CC(=O)Cc2ccc(F)cc2)c1C. The number of aryl methyl sites for hydroxylation is 1. The lowest BCUT2D eigenvalue weighted by molar-refractivity contribution is -0.689. The van der Waals surface area contributed by atoms with Gasteiger partial charge in [-0.15, -0.1) is 0 Å². The van der Waals surface area contributed by atoms with Crippen molar-refractivity contribution in [3.63, 3.8) is 0 Å². The fourth-order valence-corrected chi connectivity index (χ4v) is 2.26. The summed E-state index contributed by atoms with van der Waals surface area (Å²) >= 11 is 0. The average molecular weight is 275 g/mol. The summed E-state index contributed by atoms with van der Waals surface area (Å²) in [7, 11) is 0. The molecule has 0 unspecified atom stereocenters. The minimum atomic E-state index is -0.275.